The molecule has 0 radical (unpaired) electrons. The van der Waals surface area contributed by atoms with Gasteiger partial charge in [-0.1, -0.05) is 38.1 Å². The summed E-state index contributed by atoms with van der Waals surface area (Å²) in [5, 5.41) is 3.25. The lowest BCUT2D eigenvalue weighted by molar-refractivity contribution is -0.120. The third-order valence-electron chi connectivity index (χ3n) is 5.50. The SMILES string of the molecule is CCc1cccc(CC)c1NC(=O)C1CCc2nc3ccccn3c2C1. The average Bonchev–Trinajstić information content (AvgIpc) is 3.06. The minimum absolute atomic E-state index is 0.00257. The Morgan fingerprint density at radius 2 is 1.92 bits per heavy atom. The van der Waals surface area contributed by atoms with Gasteiger partial charge in [-0.15, -0.1) is 0 Å². The van der Waals surface area contributed by atoms with Crippen LogP contribution >= 0.6 is 0 Å². The molecule has 2 heterocycles. The van der Waals surface area contributed by atoms with E-state index in [1.54, 1.807) is 0 Å². The number of hydrogen-bond donors (Lipinski definition) is 1. The van der Waals surface area contributed by atoms with Gasteiger partial charge in [0.15, 0.2) is 0 Å². The van der Waals surface area contributed by atoms with Crippen molar-refractivity contribution in [1.82, 2.24) is 9.38 Å². The van der Waals surface area contributed by atoms with E-state index in [1.807, 2.05) is 24.4 Å². The quantitative estimate of drug-likeness (QED) is 0.769. The third-order valence-corrected chi connectivity index (χ3v) is 5.50. The normalized spacial score (nSPS) is 16.5. The van der Waals surface area contributed by atoms with E-state index in [-0.39, 0.29) is 11.8 Å². The molecule has 1 amide bonds. The summed E-state index contributed by atoms with van der Waals surface area (Å²) in [6, 6.07) is 12.4. The first-order valence-electron chi connectivity index (χ1n) is 9.57. The van der Waals surface area contributed by atoms with Crippen molar-refractivity contribution in [2.45, 2.75) is 46.0 Å². The Kier molecular flexibility index (Phi) is 4.49. The van der Waals surface area contributed by atoms with Crippen LogP contribution in [0.5, 0.6) is 0 Å². The van der Waals surface area contributed by atoms with Gasteiger partial charge in [-0.2, -0.15) is 0 Å². The molecular formula is C22H25N3O. The van der Waals surface area contributed by atoms with E-state index in [4.69, 9.17) is 4.98 Å². The van der Waals surface area contributed by atoms with E-state index in [1.165, 1.54) is 16.8 Å². The minimum atomic E-state index is -0.00257. The zero-order chi connectivity index (χ0) is 18.1. The van der Waals surface area contributed by atoms with Gasteiger partial charge in [0.2, 0.25) is 5.91 Å². The molecule has 1 aliphatic rings. The second-order valence-electron chi connectivity index (χ2n) is 7.02. The number of carbonyl (C=O) groups excluding carboxylic acids is 1. The predicted octanol–water partition coefficient (Wildman–Crippen LogP) is 4.20. The summed E-state index contributed by atoms with van der Waals surface area (Å²) in [6.07, 6.45) is 6.37. The van der Waals surface area contributed by atoms with Crippen LogP contribution in [0.2, 0.25) is 0 Å². The highest BCUT2D eigenvalue weighted by Crippen LogP contribution is 2.29. The molecule has 1 N–H and O–H groups in total. The fourth-order valence-electron chi connectivity index (χ4n) is 4.01. The first-order valence-corrected chi connectivity index (χ1v) is 9.57. The molecule has 4 heteroatoms. The van der Waals surface area contributed by atoms with Gasteiger partial charge in [0, 0.05) is 29.9 Å². The van der Waals surface area contributed by atoms with Crippen molar-refractivity contribution in [2.75, 3.05) is 5.32 Å². The van der Waals surface area contributed by atoms with E-state index >= 15 is 0 Å². The summed E-state index contributed by atoms with van der Waals surface area (Å²) in [4.78, 5) is 17.7. The summed E-state index contributed by atoms with van der Waals surface area (Å²) in [6.45, 7) is 4.27. The number of anilines is 1. The number of aryl methyl sites for hydroxylation is 3. The van der Waals surface area contributed by atoms with Crippen LogP contribution in [-0.2, 0) is 30.5 Å². The van der Waals surface area contributed by atoms with E-state index in [2.05, 4.69) is 41.8 Å². The number of amides is 1. The Hall–Kier alpha value is -2.62. The highest BCUT2D eigenvalue weighted by molar-refractivity contribution is 5.94. The summed E-state index contributed by atoms with van der Waals surface area (Å²) in [5.41, 5.74) is 6.75. The second-order valence-corrected chi connectivity index (χ2v) is 7.02. The molecule has 1 aliphatic carbocycles. The van der Waals surface area contributed by atoms with Gasteiger partial charge in [0.1, 0.15) is 5.65 Å². The molecule has 0 fully saturated rings. The fourth-order valence-corrected chi connectivity index (χ4v) is 4.01. The molecule has 2 aromatic heterocycles. The maximum absolute atomic E-state index is 13.0. The highest BCUT2D eigenvalue weighted by atomic mass is 16.1. The van der Waals surface area contributed by atoms with Crippen LogP contribution in [0.1, 0.15) is 42.8 Å². The van der Waals surface area contributed by atoms with Crippen LogP contribution in [0.25, 0.3) is 5.65 Å². The molecule has 4 rings (SSSR count). The number of fused-ring (bicyclic) bond motifs is 3. The summed E-state index contributed by atoms with van der Waals surface area (Å²) < 4.78 is 2.13. The van der Waals surface area contributed by atoms with Gasteiger partial charge in [-0.25, -0.2) is 4.98 Å². The lowest BCUT2D eigenvalue weighted by Crippen LogP contribution is -2.29. The number of nitrogens with zero attached hydrogens (tertiary/aromatic N) is 2. The van der Waals surface area contributed by atoms with Gasteiger partial charge in [0.25, 0.3) is 0 Å². The molecule has 0 bridgehead atoms. The molecule has 0 aliphatic heterocycles. The van der Waals surface area contributed by atoms with Crippen LogP contribution in [-0.4, -0.2) is 15.3 Å². The highest BCUT2D eigenvalue weighted by Gasteiger charge is 2.28. The fraction of sp³-hybridized carbons (Fsp3) is 0.364. The monoisotopic (exact) mass is 347 g/mol. The largest absolute Gasteiger partial charge is 0.325 e. The number of nitrogens with one attached hydrogen (secondary N) is 1. The number of imidazole rings is 1. The Morgan fingerprint density at radius 3 is 2.65 bits per heavy atom. The molecule has 134 valence electrons. The molecule has 0 saturated heterocycles. The first kappa shape index (κ1) is 16.8. The van der Waals surface area contributed by atoms with Crippen LogP contribution in [0.4, 0.5) is 5.69 Å². The van der Waals surface area contributed by atoms with Crippen LogP contribution in [0.3, 0.4) is 0 Å². The van der Waals surface area contributed by atoms with E-state index in [9.17, 15) is 4.79 Å². The van der Waals surface area contributed by atoms with Crippen molar-refractivity contribution in [3.63, 3.8) is 0 Å². The minimum Gasteiger partial charge on any atom is -0.325 e. The van der Waals surface area contributed by atoms with Crippen molar-refractivity contribution in [3.05, 3.63) is 65.1 Å². The van der Waals surface area contributed by atoms with Gasteiger partial charge in [-0.05, 0) is 48.9 Å². The Labute approximate surface area is 154 Å². The second kappa shape index (κ2) is 6.94. The third kappa shape index (κ3) is 2.90. The van der Waals surface area contributed by atoms with Crippen molar-refractivity contribution in [3.8, 4) is 0 Å². The van der Waals surface area contributed by atoms with Crippen molar-refractivity contribution in [1.29, 1.82) is 0 Å². The molecule has 4 nitrogen and oxygen atoms in total. The van der Waals surface area contributed by atoms with Gasteiger partial charge < -0.3 is 9.72 Å². The average molecular weight is 347 g/mol. The molecule has 1 atom stereocenters. The molecule has 0 saturated carbocycles. The Bertz CT molecular complexity index is 935. The Balaban J connectivity index is 1.59. The van der Waals surface area contributed by atoms with Crippen LogP contribution in [0.15, 0.2) is 42.6 Å². The first-order chi connectivity index (χ1) is 12.7. The molecule has 1 aromatic carbocycles. The van der Waals surface area contributed by atoms with Gasteiger partial charge >= 0.3 is 0 Å². The van der Waals surface area contributed by atoms with Crippen LogP contribution < -0.4 is 5.32 Å². The number of rotatable bonds is 4. The number of hydrogen-bond acceptors (Lipinski definition) is 2. The lowest BCUT2D eigenvalue weighted by Gasteiger charge is -2.23. The van der Waals surface area contributed by atoms with E-state index in [0.717, 1.165) is 49.1 Å². The lowest BCUT2D eigenvalue weighted by atomic mass is 9.88. The standard InChI is InChI=1S/C22H25N3O/c1-3-15-8-7-9-16(4-2)21(15)24-22(26)17-11-12-18-19(14-17)25-13-6-5-10-20(25)23-18/h5-10,13,17H,3-4,11-12,14H2,1-2H3,(H,24,26). The van der Waals surface area contributed by atoms with E-state index < -0.39 is 0 Å². The zero-order valence-corrected chi connectivity index (χ0v) is 15.5. The summed E-state index contributed by atoms with van der Waals surface area (Å²) in [5.74, 6) is 0.134. The number of benzene rings is 1. The Morgan fingerprint density at radius 1 is 1.15 bits per heavy atom. The number of pyridine rings is 1. The molecule has 3 aromatic rings. The summed E-state index contributed by atoms with van der Waals surface area (Å²) in [7, 11) is 0. The van der Waals surface area contributed by atoms with Gasteiger partial charge in [0.05, 0.1) is 5.69 Å². The predicted molar refractivity (Wildman–Crippen MR) is 105 cm³/mol. The molecule has 0 spiro atoms. The summed E-state index contributed by atoms with van der Waals surface area (Å²) >= 11 is 0. The van der Waals surface area contributed by atoms with Crippen molar-refractivity contribution in [2.24, 2.45) is 5.92 Å². The van der Waals surface area contributed by atoms with Crippen molar-refractivity contribution < 1.29 is 4.79 Å². The zero-order valence-electron chi connectivity index (χ0n) is 15.5. The number of aromatic nitrogens is 2. The molecule has 1 unspecified atom stereocenters. The topological polar surface area (TPSA) is 46.4 Å². The van der Waals surface area contributed by atoms with E-state index in [0.29, 0.717) is 0 Å². The number of para-hydroxylation sites is 1. The smallest absolute Gasteiger partial charge is 0.227 e. The number of carbonyl (C=O) groups is 1. The van der Waals surface area contributed by atoms with Crippen LogP contribution in [0, 0.1) is 5.92 Å². The molecule has 26 heavy (non-hydrogen) atoms. The molecular weight excluding hydrogens is 322 g/mol. The maximum Gasteiger partial charge on any atom is 0.227 e. The maximum atomic E-state index is 13.0. The van der Waals surface area contributed by atoms with Gasteiger partial charge in [-0.3, -0.25) is 4.79 Å². The van der Waals surface area contributed by atoms with Crippen molar-refractivity contribution >= 4 is 17.2 Å².